The summed E-state index contributed by atoms with van der Waals surface area (Å²) in [4.78, 5) is 40.9. The van der Waals surface area contributed by atoms with Gasteiger partial charge in [-0.05, 0) is 18.6 Å². The molecule has 0 radical (unpaired) electrons. The fourth-order valence-electron chi connectivity index (χ4n) is 2.77. The van der Waals surface area contributed by atoms with E-state index in [0.29, 0.717) is 13.0 Å². The summed E-state index contributed by atoms with van der Waals surface area (Å²) in [7, 11) is 1.63. The minimum absolute atomic E-state index is 0.0294. The number of nitrogens with one attached hydrogen (secondary N) is 2. The average Bonchev–Trinajstić information content (AvgIpc) is 2.66. The lowest BCUT2D eigenvalue weighted by atomic mass is 10.1. The van der Waals surface area contributed by atoms with Crippen molar-refractivity contribution in [3.05, 3.63) is 34.9 Å². The number of carbonyl (C=O) groups excluding carboxylic acids is 1. The largest absolute Gasteiger partial charge is 0.479 e. The molecule has 1 aromatic heterocycles. The molecule has 0 fully saturated rings. The van der Waals surface area contributed by atoms with Gasteiger partial charge in [0.25, 0.3) is 0 Å². The summed E-state index contributed by atoms with van der Waals surface area (Å²) >= 11 is 0. The van der Waals surface area contributed by atoms with Crippen LogP contribution in [0.5, 0.6) is 0 Å². The first-order chi connectivity index (χ1) is 14.1. The first-order valence-corrected chi connectivity index (χ1v) is 9.10. The quantitative estimate of drug-likeness (QED) is 0.151. The van der Waals surface area contributed by atoms with E-state index in [2.05, 4.69) is 10.3 Å². The Kier molecular flexibility index (Phi) is 7.49. The molecule has 13 heteroatoms. The molecule has 13 nitrogen and oxygen atoms in total. The number of nitrogens with zero attached hydrogens (tertiary/aromatic N) is 3. The van der Waals surface area contributed by atoms with E-state index in [1.165, 1.54) is 29.3 Å². The van der Waals surface area contributed by atoms with E-state index in [-0.39, 0.29) is 18.2 Å². The van der Waals surface area contributed by atoms with E-state index in [4.69, 9.17) is 27.3 Å². The van der Waals surface area contributed by atoms with Crippen LogP contribution in [-0.4, -0.2) is 69.2 Å². The van der Waals surface area contributed by atoms with E-state index in [1.807, 2.05) is 0 Å². The highest BCUT2D eigenvalue weighted by Crippen LogP contribution is 2.20. The second-order valence-corrected chi connectivity index (χ2v) is 6.87. The maximum atomic E-state index is 12.3. The molecule has 1 amide bonds. The summed E-state index contributed by atoms with van der Waals surface area (Å²) in [6.07, 6.45) is 2.17. The third-order valence-corrected chi connectivity index (χ3v) is 4.49. The molecular weight excluding hydrogens is 396 g/mol. The Balaban J connectivity index is 2.01. The van der Waals surface area contributed by atoms with E-state index in [0.717, 1.165) is 4.57 Å². The Hall–Kier alpha value is -3.45. The van der Waals surface area contributed by atoms with Gasteiger partial charge in [-0.25, -0.2) is 9.59 Å². The van der Waals surface area contributed by atoms with Crippen LogP contribution in [0.1, 0.15) is 19.1 Å². The van der Waals surface area contributed by atoms with Gasteiger partial charge in [-0.15, -0.1) is 0 Å². The Morgan fingerprint density at radius 2 is 2.17 bits per heavy atom. The number of hydrogen-bond acceptors (Lipinski definition) is 8. The van der Waals surface area contributed by atoms with Gasteiger partial charge in [0.15, 0.2) is 18.3 Å². The molecule has 0 spiro atoms. The van der Waals surface area contributed by atoms with Gasteiger partial charge in [-0.1, -0.05) is 6.08 Å². The number of anilines is 1. The van der Waals surface area contributed by atoms with Gasteiger partial charge in [-0.2, -0.15) is 4.98 Å². The molecular formula is C17H26N8O5. The molecule has 0 saturated heterocycles. The molecule has 0 saturated carbocycles. The van der Waals surface area contributed by atoms with Crippen molar-refractivity contribution in [2.75, 3.05) is 19.3 Å². The van der Waals surface area contributed by atoms with Crippen LogP contribution in [0, 0.1) is 5.41 Å². The van der Waals surface area contributed by atoms with E-state index in [9.17, 15) is 19.5 Å². The molecule has 1 aromatic rings. The third kappa shape index (κ3) is 6.02. The van der Waals surface area contributed by atoms with Crippen molar-refractivity contribution in [2.24, 2.45) is 11.5 Å². The number of ether oxygens (including phenoxy) is 1. The van der Waals surface area contributed by atoms with E-state index < -0.39 is 42.0 Å². The average molecular weight is 422 g/mol. The number of nitrogen functional groups attached to an aromatic ring is 1. The first kappa shape index (κ1) is 22.8. The predicted molar refractivity (Wildman–Crippen MR) is 107 cm³/mol. The lowest BCUT2D eigenvalue weighted by Gasteiger charge is -2.31. The second kappa shape index (κ2) is 9.84. The SMILES string of the molecule is CN(CC[C@@H](N)CC(=O)N[C@H]1C=C[C@@H](n2ccc(N)nc2=O)O[C@@H]1C(=O)O)C(=N)N. The number of carboxylic acid groups (broad SMARTS) is 1. The van der Waals surface area contributed by atoms with Gasteiger partial charge in [0.05, 0.1) is 6.04 Å². The molecule has 2 heterocycles. The van der Waals surface area contributed by atoms with Crippen molar-refractivity contribution in [1.82, 2.24) is 19.8 Å². The van der Waals surface area contributed by atoms with Crippen LogP contribution in [0.25, 0.3) is 0 Å². The number of aliphatic carboxylic acids is 1. The fourth-order valence-corrected chi connectivity index (χ4v) is 2.77. The summed E-state index contributed by atoms with van der Waals surface area (Å²) in [6.45, 7) is 0.403. The van der Waals surface area contributed by atoms with Gasteiger partial charge in [0, 0.05) is 32.3 Å². The minimum Gasteiger partial charge on any atom is -0.479 e. The van der Waals surface area contributed by atoms with E-state index in [1.54, 1.807) is 7.05 Å². The lowest BCUT2D eigenvalue weighted by Crippen LogP contribution is -2.51. The van der Waals surface area contributed by atoms with Crippen LogP contribution in [0.2, 0.25) is 0 Å². The van der Waals surface area contributed by atoms with Crippen molar-refractivity contribution in [3.8, 4) is 0 Å². The highest BCUT2D eigenvalue weighted by molar-refractivity contribution is 5.80. The third-order valence-electron chi connectivity index (χ3n) is 4.49. The molecule has 1 aliphatic rings. The van der Waals surface area contributed by atoms with Crippen LogP contribution < -0.4 is 28.2 Å². The molecule has 0 unspecified atom stereocenters. The Morgan fingerprint density at radius 3 is 2.77 bits per heavy atom. The summed E-state index contributed by atoms with van der Waals surface area (Å²) in [5.74, 6) is -1.84. The highest BCUT2D eigenvalue weighted by Gasteiger charge is 2.35. The van der Waals surface area contributed by atoms with Gasteiger partial charge in [-0.3, -0.25) is 14.8 Å². The van der Waals surface area contributed by atoms with Gasteiger partial charge in [0.1, 0.15) is 5.82 Å². The molecule has 1 aliphatic heterocycles. The standard InChI is InChI=1S/C17H26N8O5/c1-24(16(20)21)6-4-9(18)8-12(26)22-10-2-3-13(30-14(10)15(27)28)25-7-5-11(19)23-17(25)29/h2-3,5,7,9-10,13-14H,4,6,8,18H2,1H3,(H3,20,21)(H,22,26)(H,27,28)(H2,19,23,29)/t9-,10+,13+,14+/m1/s1. The Labute approximate surface area is 172 Å². The monoisotopic (exact) mass is 422 g/mol. The molecule has 2 rings (SSSR count). The van der Waals surface area contributed by atoms with Crippen LogP contribution in [0.4, 0.5) is 5.82 Å². The molecule has 0 aliphatic carbocycles. The number of carbonyl (C=O) groups is 2. The van der Waals surface area contributed by atoms with Crippen LogP contribution in [-0.2, 0) is 14.3 Å². The van der Waals surface area contributed by atoms with Crippen molar-refractivity contribution in [3.63, 3.8) is 0 Å². The summed E-state index contributed by atoms with van der Waals surface area (Å²) < 4.78 is 6.57. The number of nitrogens with two attached hydrogens (primary N) is 3. The van der Waals surface area contributed by atoms with Gasteiger partial charge >= 0.3 is 11.7 Å². The number of carboxylic acids is 1. The fraction of sp³-hybridized carbons (Fsp3) is 0.471. The maximum absolute atomic E-state index is 12.3. The zero-order chi connectivity index (χ0) is 22.4. The van der Waals surface area contributed by atoms with Crippen LogP contribution in [0.15, 0.2) is 29.2 Å². The summed E-state index contributed by atoms with van der Waals surface area (Å²) in [6, 6.07) is -0.0702. The predicted octanol–water partition coefficient (Wildman–Crippen LogP) is -2.22. The van der Waals surface area contributed by atoms with Gasteiger partial charge < -0.3 is 37.3 Å². The van der Waals surface area contributed by atoms with Crippen molar-refractivity contribution < 1.29 is 19.4 Å². The lowest BCUT2D eigenvalue weighted by molar-refractivity contribution is -0.159. The molecule has 0 aromatic carbocycles. The summed E-state index contributed by atoms with van der Waals surface area (Å²) in [5, 5.41) is 19.4. The smallest absolute Gasteiger partial charge is 0.351 e. The Morgan fingerprint density at radius 1 is 1.47 bits per heavy atom. The number of hydrogen-bond donors (Lipinski definition) is 6. The van der Waals surface area contributed by atoms with Gasteiger partial charge in [0.2, 0.25) is 5.91 Å². The minimum atomic E-state index is -1.42. The topological polar surface area (TPSA) is 216 Å². The highest BCUT2D eigenvalue weighted by atomic mass is 16.5. The zero-order valence-corrected chi connectivity index (χ0v) is 16.4. The molecule has 4 atom stereocenters. The number of guanidine groups is 1. The second-order valence-electron chi connectivity index (χ2n) is 6.87. The molecule has 164 valence electrons. The van der Waals surface area contributed by atoms with Crippen LogP contribution >= 0.6 is 0 Å². The van der Waals surface area contributed by atoms with Crippen molar-refractivity contribution in [2.45, 2.75) is 37.3 Å². The zero-order valence-electron chi connectivity index (χ0n) is 16.4. The summed E-state index contributed by atoms with van der Waals surface area (Å²) in [5.41, 5.74) is 16.0. The molecule has 30 heavy (non-hydrogen) atoms. The molecule has 9 N–H and O–H groups in total. The van der Waals surface area contributed by atoms with Crippen molar-refractivity contribution >= 4 is 23.7 Å². The van der Waals surface area contributed by atoms with E-state index >= 15 is 0 Å². The number of amides is 1. The first-order valence-electron chi connectivity index (χ1n) is 9.10. The Bertz CT molecular complexity index is 885. The maximum Gasteiger partial charge on any atom is 0.351 e. The van der Waals surface area contributed by atoms with Crippen LogP contribution in [0.3, 0.4) is 0 Å². The van der Waals surface area contributed by atoms with Crippen molar-refractivity contribution in [1.29, 1.82) is 5.41 Å². The molecule has 0 bridgehead atoms. The normalized spacial score (nSPS) is 21.6. The number of aromatic nitrogens is 2. The number of rotatable bonds is 8.